The van der Waals surface area contributed by atoms with Gasteiger partial charge in [0.1, 0.15) is 0 Å². The summed E-state index contributed by atoms with van der Waals surface area (Å²) in [5.74, 6) is 0.732. The van der Waals surface area contributed by atoms with Crippen molar-refractivity contribution in [2.75, 3.05) is 0 Å². The predicted molar refractivity (Wildman–Crippen MR) is 55.1 cm³/mol. The molecule has 0 aliphatic heterocycles. The maximum atomic E-state index is 2.35. The first-order valence-electron chi connectivity index (χ1n) is 4.91. The van der Waals surface area contributed by atoms with Gasteiger partial charge >= 0.3 is 0 Å². The fourth-order valence-corrected chi connectivity index (χ4v) is 1.51. The minimum absolute atomic E-state index is 0.380. The monoisotopic (exact) mass is 164 g/mol. The van der Waals surface area contributed by atoms with Crippen molar-refractivity contribution in [1.29, 1.82) is 0 Å². The minimum atomic E-state index is 0.380. The van der Waals surface area contributed by atoms with Gasteiger partial charge in [-0.2, -0.15) is 0 Å². The first-order valence-corrected chi connectivity index (χ1v) is 4.91. The largest absolute Gasteiger partial charge is 0.0842 e. The molecule has 1 aliphatic rings. The normalized spacial score (nSPS) is 18.2. The number of hydrogen-bond donors (Lipinski definition) is 0. The highest BCUT2D eigenvalue weighted by atomic mass is 14.3. The van der Waals surface area contributed by atoms with Gasteiger partial charge in [0.15, 0.2) is 0 Å². The van der Waals surface area contributed by atoms with E-state index >= 15 is 0 Å². The van der Waals surface area contributed by atoms with Gasteiger partial charge in [-0.25, -0.2) is 0 Å². The second-order valence-electron chi connectivity index (χ2n) is 4.54. The highest BCUT2D eigenvalue weighted by Crippen LogP contribution is 2.38. The van der Waals surface area contributed by atoms with Crippen molar-refractivity contribution >= 4 is 0 Å². The summed E-state index contributed by atoms with van der Waals surface area (Å²) in [5, 5.41) is 0. The van der Waals surface area contributed by atoms with Crippen LogP contribution in [-0.2, 0) is 0 Å². The van der Waals surface area contributed by atoms with E-state index in [1.54, 1.807) is 5.57 Å². The Bertz CT molecular complexity index is 204. The molecule has 0 atom stereocenters. The summed E-state index contributed by atoms with van der Waals surface area (Å²) >= 11 is 0. The molecule has 0 bridgehead atoms. The van der Waals surface area contributed by atoms with E-state index in [1.807, 2.05) is 0 Å². The van der Waals surface area contributed by atoms with E-state index < -0.39 is 0 Å². The molecule has 0 amide bonds. The Morgan fingerprint density at radius 1 is 1.33 bits per heavy atom. The van der Waals surface area contributed by atoms with Crippen LogP contribution in [0.4, 0.5) is 0 Å². The molecule has 0 saturated carbocycles. The Morgan fingerprint density at radius 3 is 2.42 bits per heavy atom. The molecule has 1 aliphatic carbocycles. The summed E-state index contributed by atoms with van der Waals surface area (Å²) in [5.41, 5.74) is 1.99. The molecule has 0 radical (unpaired) electrons. The van der Waals surface area contributed by atoms with E-state index in [2.05, 4.69) is 45.9 Å². The summed E-state index contributed by atoms with van der Waals surface area (Å²) in [6.07, 6.45) is 9.22. The van der Waals surface area contributed by atoms with Gasteiger partial charge in [0.2, 0.25) is 0 Å². The zero-order valence-electron chi connectivity index (χ0n) is 8.72. The molecule has 0 aromatic rings. The lowest BCUT2D eigenvalue weighted by Crippen LogP contribution is -2.22. The molecule has 68 valence electrons. The molecule has 0 fully saturated rings. The first kappa shape index (κ1) is 9.57. The Labute approximate surface area is 76.4 Å². The Morgan fingerprint density at radius 2 is 2.00 bits per heavy atom. The van der Waals surface area contributed by atoms with Crippen LogP contribution in [0.15, 0.2) is 23.8 Å². The maximum absolute atomic E-state index is 2.35. The minimum Gasteiger partial charge on any atom is -0.0842 e. The molecule has 12 heavy (non-hydrogen) atoms. The van der Waals surface area contributed by atoms with Gasteiger partial charge in [0.25, 0.3) is 0 Å². The molecule has 0 nitrogen and oxygen atoms in total. The van der Waals surface area contributed by atoms with E-state index in [4.69, 9.17) is 0 Å². The van der Waals surface area contributed by atoms with Gasteiger partial charge in [-0.1, -0.05) is 51.5 Å². The van der Waals surface area contributed by atoms with Crippen LogP contribution in [-0.4, -0.2) is 0 Å². The van der Waals surface area contributed by atoms with E-state index in [0.717, 1.165) is 5.92 Å². The van der Waals surface area contributed by atoms with Crippen LogP contribution >= 0.6 is 0 Å². The molecule has 0 heterocycles. The zero-order chi connectivity index (χ0) is 9.19. The second-order valence-corrected chi connectivity index (χ2v) is 4.54. The molecule has 0 heteroatoms. The molecular weight excluding hydrogens is 144 g/mol. The summed E-state index contributed by atoms with van der Waals surface area (Å²) < 4.78 is 0. The van der Waals surface area contributed by atoms with Crippen molar-refractivity contribution in [2.24, 2.45) is 11.3 Å². The molecular formula is C12H20. The van der Waals surface area contributed by atoms with Crippen LogP contribution in [0.5, 0.6) is 0 Å². The van der Waals surface area contributed by atoms with Gasteiger partial charge < -0.3 is 0 Å². The molecule has 0 spiro atoms. The first-order chi connectivity index (χ1) is 5.55. The fourth-order valence-electron chi connectivity index (χ4n) is 1.51. The van der Waals surface area contributed by atoms with Crippen molar-refractivity contribution in [3.63, 3.8) is 0 Å². The van der Waals surface area contributed by atoms with Crippen LogP contribution < -0.4 is 0 Å². The van der Waals surface area contributed by atoms with Crippen LogP contribution in [0.3, 0.4) is 0 Å². The molecule has 0 unspecified atom stereocenters. The summed E-state index contributed by atoms with van der Waals surface area (Å²) in [6.45, 7) is 9.31. The third-order valence-corrected chi connectivity index (χ3v) is 3.28. The Kier molecular flexibility index (Phi) is 2.76. The third kappa shape index (κ3) is 1.80. The highest BCUT2D eigenvalue weighted by molar-refractivity contribution is 5.23. The van der Waals surface area contributed by atoms with Crippen molar-refractivity contribution < 1.29 is 0 Å². The lowest BCUT2D eigenvalue weighted by atomic mass is 9.72. The summed E-state index contributed by atoms with van der Waals surface area (Å²) in [7, 11) is 0. The topological polar surface area (TPSA) is 0 Å². The summed E-state index contributed by atoms with van der Waals surface area (Å²) in [6, 6.07) is 0. The Balaban J connectivity index is 2.80. The van der Waals surface area contributed by atoms with Gasteiger partial charge in [-0.3, -0.25) is 0 Å². The highest BCUT2D eigenvalue weighted by Gasteiger charge is 2.26. The van der Waals surface area contributed by atoms with Crippen LogP contribution in [0.1, 0.15) is 40.5 Å². The van der Waals surface area contributed by atoms with Crippen molar-refractivity contribution in [2.45, 2.75) is 40.5 Å². The lowest BCUT2D eigenvalue weighted by molar-refractivity contribution is 0.300. The average molecular weight is 164 g/mol. The van der Waals surface area contributed by atoms with Gasteiger partial charge in [0.05, 0.1) is 0 Å². The third-order valence-electron chi connectivity index (χ3n) is 3.28. The van der Waals surface area contributed by atoms with Crippen molar-refractivity contribution in [3.8, 4) is 0 Å². The van der Waals surface area contributed by atoms with Gasteiger partial charge in [0, 0.05) is 0 Å². The zero-order valence-corrected chi connectivity index (χ0v) is 8.72. The standard InChI is InChI=1S/C12H20/c1-10(2)12(3,4)11-8-6-5-7-9-11/h5-6,8,10H,7,9H2,1-4H3. The van der Waals surface area contributed by atoms with Crippen LogP contribution in [0.2, 0.25) is 0 Å². The van der Waals surface area contributed by atoms with Gasteiger partial charge in [-0.05, 0) is 24.2 Å². The molecule has 1 rings (SSSR count). The predicted octanol–water partition coefficient (Wildman–Crippen LogP) is 3.95. The van der Waals surface area contributed by atoms with Gasteiger partial charge in [-0.15, -0.1) is 0 Å². The fraction of sp³-hybridized carbons (Fsp3) is 0.667. The smallest absolute Gasteiger partial charge is 0.0118 e. The van der Waals surface area contributed by atoms with E-state index in [1.165, 1.54) is 12.8 Å². The molecule has 0 N–H and O–H groups in total. The molecule has 0 saturated heterocycles. The quantitative estimate of drug-likeness (QED) is 0.580. The summed E-state index contributed by atoms with van der Waals surface area (Å²) in [4.78, 5) is 0. The SMILES string of the molecule is CC(C)C(C)(C)C1=CC=CCC1. The van der Waals surface area contributed by atoms with E-state index in [-0.39, 0.29) is 0 Å². The number of allylic oxidation sites excluding steroid dienone is 4. The van der Waals surface area contributed by atoms with E-state index in [9.17, 15) is 0 Å². The lowest BCUT2D eigenvalue weighted by Gasteiger charge is -2.33. The molecule has 0 aromatic carbocycles. The van der Waals surface area contributed by atoms with Crippen LogP contribution in [0, 0.1) is 11.3 Å². The molecule has 0 aromatic heterocycles. The number of rotatable bonds is 2. The van der Waals surface area contributed by atoms with E-state index in [0.29, 0.717) is 5.41 Å². The Hall–Kier alpha value is -0.520. The van der Waals surface area contributed by atoms with Crippen molar-refractivity contribution in [3.05, 3.63) is 23.8 Å². The van der Waals surface area contributed by atoms with Crippen LogP contribution in [0.25, 0.3) is 0 Å². The number of hydrogen-bond acceptors (Lipinski definition) is 0. The maximum Gasteiger partial charge on any atom is -0.0118 e. The average Bonchev–Trinajstić information content (AvgIpc) is 2.06. The second kappa shape index (κ2) is 3.47. The van der Waals surface area contributed by atoms with Crippen molar-refractivity contribution in [1.82, 2.24) is 0 Å².